The Labute approximate surface area is 195 Å². The minimum atomic E-state index is 0.148. The maximum atomic E-state index is 13.2. The van der Waals surface area contributed by atoms with Crippen LogP contribution in [0, 0.1) is 5.92 Å². The molecular weight excluding hydrogens is 452 g/mol. The summed E-state index contributed by atoms with van der Waals surface area (Å²) in [6.07, 6.45) is 9.14. The van der Waals surface area contributed by atoms with E-state index < -0.39 is 0 Å². The number of rotatable bonds is 7. The topological polar surface area (TPSA) is 52.8 Å². The second-order valence-electron chi connectivity index (χ2n) is 8.58. The molecule has 6 heteroatoms. The van der Waals surface area contributed by atoms with Gasteiger partial charge in [-0.25, -0.2) is 0 Å². The number of nitrogens with two attached hydrogens (primary N) is 1. The van der Waals surface area contributed by atoms with Gasteiger partial charge in [0.1, 0.15) is 0 Å². The fraction of sp³-hybridized carbons (Fsp3) is 0.480. The van der Waals surface area contributed by atoms with Gasteiger partial charge in [-0.15, -0.1) is 0 Å². The van der Waals surface area contributed by atoms with Crippen LogP contribution in [-0.4, -0.2) is 65.9 Å². The van der Waals surface area contributed by atoms with Crippen molar-refractivity contribution in [2.75, 3.05) is 39.3 Å². The van der Waals surface area contributed by atoms with Gasteiger partial charge in [-0.2, -0.15) is 0 Å². The SMILES string of the molecule is C=C/C=C(\C=C/N)CN1CCC(C(=O)N2CCN(Cc3ccccc3Br)[C@@H](C)C2)CC1. The minimum absolute atomic E-state index is 0.148. The number of nitrogens with zero attached hydrogens (tertiary/aromatic N) is 3. The summed E-state index contributed by atoms with van der Waals surface area (Å²) in [5.41, 5.74) is 8.00. The van der Waals surface area contributed by atoms with Gasteiger partial charge in [0, 0.05) is 49.2 Å². The number of likely N-dealkylation sites (tertiary alicyclic amines) is 1. The third-order valence-electron chi connectivity index (χ3n) is 6.39. The lowest BCUT2D eigenvalue weighted by molar-refractivity contribution is -0.140. The average molecular weight is 487 g/mol. The molecule has 0 aliphatic carbocycles. The van der Waals surface area contributed by atoms with Gasteiger partial charge in [0.2, 0.25) is 5.91 Å². The van der Waals surface area contributed by atoms with E-state index in [-0.39, 0.29) is 5.92 Å². The number of amides is 1. The highest BCUT2D eigenvalue weighted by Crippen LogP contribution is 2.24. The van der Waals surface area contributed by atoms with Crippen LogP contribution in [0.15, 0.2) is 65.3 Å². The number of halogens is 1. The quantitative estimate of drug-likeness (QED) is 0.595. The van der Waals surface area contributed by atoms with E-state index in [1.54, 1.807) is 12.3 Å². The highest BCUT2D eigenvalue weighted by Gasteiger charge is 2.32. The van der Waals surface area contributed by atoms with Gasteiger partial charge in [0.25, 0.3) is 0 Å². The number of allylic oxidation sites excluding steroid dienone is 2. The summed E-state index contributed by atoms with van der Waals surface area (Å²) in [5.74, 6) is 0.492. The number of carbonyl (C=O) groups excluding carboxylic acids is 1. The van der Waals surface area contributed by atoms with Gasteiger partial charge in [-0.1, -0.05) is 52.9 Å². The number of benzene rings is 1. The second-order valence-corrected chi connectivity index (χ2v) is 9.44. The zero-order valence-electron chi connectivity index (χ0n) is 18.5. The molecule has 0 saturated carbocycles. The third kappa shape index (κ3) is 6.55. The highest BCUT2D eigenvalue weighted by molar-refractivity contribution is 9.10. The molecule has 1 atom stereocenters. The summed E-state index contributed by atoms with van der Waals surface area (Å²) in [7, 11) is 0. The van der Waals surface area contributed by atoms with Gasteiger partial charge >= 0.3 is 0 Å². The van der Waals surface area contributed by atoms with Crippen LogP contribution < -0.4 is 5.73 Å². The maximum absolute atomic E-state index is 13.2. The van der Waals surface area contributed by atoms with Crippen LogP contribution in [0.25, 0.3) is 0 Å². The maximum Gasteiger partial charge on any atom is 0.225 e. The van der Waals surface area contributed by atoms with Crippen molar-refractivity contribution in [3.05, 3.63) is 70.9 Å². The Morgan fingerprint density at radius 2 is 1.97 bits per heavy atom. The zero-order chi connectivity index (χ0) is 22.2. The van der Waals surface area contributed by atoms with Crippen molar-refractivity contribution in [1.82, 2.24) is 14.7 Å². The van der Waals surface area contributed by atoms with Crippen molar-refractivity contribution >= 4 is 21.8 Å². The van der Waals surface area contributed by atoms with Crippen molar-refractivity contribution in [2.45, 2.75) is 32.4 Å². The van der Waals surface area contributed by atoms with E-state index in [9.17, 15) is 4.79 Å². The first-order valence-corrected chi connectivity index (χ1v) is 12.0. The van der Waals surface area contributed by atoms with Gasteiger partial charge < -0.3 is 10.6 Å². The number of piperidine rings is 1. The predicted molar refractivity (Wildman–Crippen MR) is 131 cm³/mol. The Morgan fingerprint density at radius 1 is 1.23 bits per heavy atom. The van der Waals surface area contributed by atoms with Crippen LogP contribution in [0.4, 0.5) is 0 Å². The standard InChI is InChI=1S/C25H35BrN4O/c1-3-6-21(9-12-27)18-28-13-10-22(11-14-28)25(31)30-16-15-29(20(2)17-30)19-23-7-4-5-8-24(23)26/h3-9,12,20,22H,1,10-11,13-19,27H2,2H3/b12-9-,21-6+/t20-/m0/s1. The van der Waals surface area contributed by atoms with Gasteiger partial charge in [0.15, 0.2) is 0 Å². The molecule has 2 fully saturated rings. The smallest absolute Gasteiger partial charge is 0.225 e. The van der Waals surface area contributed by atoms with Crippen molar-refractivity contribution in [3.63, 3.8) is 0 Å². The Balaban J connectivity index is 1.48. The zero-order valence-corrected chi connectivity index (χ0v) is 20.1. The van der Waals surface area contributed by atoms with Crippen LogP contribution in [0.2, 0.25) is 0 Å². The third-order valence-corrected chi connectivity index (χ3v) is 7.17. The molecule has 2 aliphatic rings. The van der Waals surface area contributed by atoms with E-state index in [0.29, 0.717) is 11.9 Å². The largest absolute Gasteiger partial charge is 0.405 e. The van der Waals surface area contributed by atoms with Crippen LogP contribution >= 0.6 is 15.9 Å². The number of piperazine rings is 1. The molecule has 168 valence electrons. The Bertz CT molecular complexity index is 813. The normalized spacial score (nSPS) is 22.2. The van der Waals surface area contributed by atoms with Crippen molar-refractivity contribution in [1.29, 1.82) is 0 Å². The molecule has 0 spiro atoms. The molecule has 1 aromatic rings. The lowest BCUT2D eigenvalue weighted by atomic mass is 9.94. The van der Waals surface area contributed by atoms with Crippen LogP contribution in [0.5, 0.6) is 0 Å². The molecule has 31 heavy (non-hydrogen) atoms. The lowest BCUT2D eigenvalue weighted by Gasteiger charge is -2.42. The first kappa shape index (κ1) is 23.8. The van der Waals surface area contributed by atoms with E-state index in [1.807, 2.05) is 18.2 Å². The fourth-order valence-corrected chi connectivity index (χ4v) is 4.98. The molecule has 2 saturated heterocycles. The molecule has 0 bridgehead atoms. The number of carbonyl (C=O) groups is 1. The molecule has 1 amide bonds. The van der Waals surface area contributed by atoms with Gasteiger partial charge in [-0.05, 0) is 62.3 Å². The van der Waals surface area contributed by atoms with Crippen LogP contribution in [0.3, 0.4) is 0 Å². The molecular formula is C25H35BrN4O. The molecule has 2 aliphatic heterocycles. The first-order chi connectivity index (χ1) is 15.0. The van der Waals surface area contributed by atoms with Gasteiger partial charge in [0.05, 0.1) is 0 Å². The molecule has 5 nitrogen and oxygen atoms in total. The summed E-state index contributed by atoms with van der Waals surface area (Å²) >= 11 is 3.65. The molecule has 0 radical (unpaired) electrons. The predicted octanol–water partition coefficient (Wildman–Crippen LogP) is 3.78. The molecule has 3 rings (SSSR count). The Kier molecular flexibility index (Phi) is 8.93. The van der Waals surface area contributed by atoms with E-state index in [4.69, 9.17) is 5.73 Å². The van der Waals surface area contributed by atoms with Crippen molar-refractivity contribution in [2.24, 2.45) is 11.7 Å². The van der Waals surface area contributed by atoms with Crippen molar-refractivity contribution < 1.29 is 4.79 Å². The van der Waals surface area contributed by atoms with Crippen LogP contribution in [0.1, 0.15) is 25.3 Å². The number of hydrogen-bond acceptors (Lipinski definition) is 4. The molecule has 2 heterocycles. The molecule has 0 aromatic heterocycles. The summed E-state index contributed by atoms with van der Waals surface area (Å²) in [5, 5.41) is 0. The minimum Gasteiger partial charge on any atom is -0.405 e. The summed E-state index contributed by atoms with van der Waals surface area (Å²) < 4.78 is 1.15. The summed E-state index contributed by atoms with van der Waals surface area (Å²) in [6.45, 7) is 12.2. The summed E-state index contributed by atoms with van der Waals surface area (Å²) in [4.78, 5) is 20.2. The molecule has 0 unspecified atom stereocenters. The highest BCUT2D eigenvalue weighted by atomic mass is 79.9. The van der Waals surface area contributed by atoms with E-state index in [1.165, 1.54) is 5.56 Å². The van der Waals surface area contributed by atoms with E-state index in [2.05, 4.69) is 62.3 Å². The molecule has 1 aromatic carbocycles. The molecule has 2 N–H and O–H groups in total. The van der Waals surface area contributed by atoms with Crippen LogP contribution in [-0.2, 0) is 11.3 Å². The van der Waals surface area contributed by atoms with Crippen molar-refractivity contribution in [3.8, 4) is 0 Å². The van der Waals surface area contributed by atoms with Gasteiger partial charge in [-0.3, -0.25) is 14.6 Å². The lowest BCUT2D eigenvalue weighted by Crippen LogP contribution is -2.55. The average Bonchev–Trinajstić information content (AvgIpc) is 2.77. The number of hydrogen-bond donors (Lipinski definition) is 1. The fourth-order valence-electron chi connectivity index (χ4n) is 4.57. The van der Waals surface area contributed by atoms with E-state index in [0.717, 1.165) is 68.7 Å². The summed E-state index contributed by atoms with van der Waals surface area (Å²) in [6, 6.07) is 8.75. The Hall–Kier alpha value is -1.89. The Morgan fingerprint density at radius 3 is 2.61 bits per heavy atom. The second kappa shape index (κ2) is 11.7. The monoisotopic (exact) mass is 486 g/mol. The first-order valence-electron chi connectivity index (χ1n) is 11.2. The van der Waals surface area contributed by atoms with E-state index >= 15 is 0 Å².